The Bertz CT molecular complexity index is 520. The molecule has 0 aliphatic rings. The minimum absolute atomic E-state index is 0.342. The van der Waals surface area contributed by atoms with Crippen molar-refractivity contribution in [3.63, 3.8) is 0 Å². The van der Waals surface area contributed by atoms with Crippen LogP contribution < -0.4 is 0 Å². The Kier molecular flexibility index (Phi) is 2.37. The molecule has 0 fully saturated rings. The summed E-state index contributed by atoms with van der Waals surface area (Å²) >= 11 is 0. The minimum atomic E-state index is -0.405. The van der Waals surface area contributed by atoms with Crippen LogP contribution in [0.3, 0.4) is 0 Å². The number of methoxy groups -OCH3 is 1. The first-order valence-electron chi connectivity index (χ1n) is 4.66. The molecule has 0 spiro atoms. The summed E-state index contributed by atoms with van der Waals surface area (Å²) in [7, 11) is 1.35. The predicted octanol–water partition coefficient (Wildman–Crippen LogP) is 2.33. The maximum Gasteiger partial charge on any atom is 0.356 e. The second kappa shape index (κ2) is 3.69. The lowest BCUT2D eigenvalue weighted by atomic mass is 10.1. The molecule has 0 atom stereocenters. The highest BCUT2D eigenvalue weighted by atomic mass is 16.5. The molecular formula is C12H11NO2. The standard InChI is InChI=1S/C12H11NO2/c1-8-3-5-10-9(7-8)4-6-11(13-10)12(14)15-2/h3-7H,1-2H3. The molecule has 76 valence electrons. The summed E-state index contributed by atoms with van der Waals surface area (Å²) in [6.07, 6.45) is 0. The molecule has 2 aromatic rings. The Labute approximate surface area is 87.7 Å². The number of fused-ring (bicyclic) bond motifs is 1. The number of esters is 1. The highest BCUT2D eigenvalue weighted by Crippen LogP contribution is 2.14. The number of carbonyl (C=O) groups excluding carboxylic acids is 1. The minimum Gasteiger partial charge on any atom is -0.464 e. The number of carbonyl (C=O) groups is 1. The fraction of sp³-hybridized carbons (Fsp3) is 0.167. The van der Waals surface area contributed by atoms with Crippen molar-refractivity contribution >= 4 is 16.9 Å². The molecular weight excluding hydrogens is 190 g/mol. The van der Waals surface area contributed by atoms with E-state index in [2.05, 4.69) is 9.72 Å². The van der Waals surface area contributed by atoms with Gasteiger partial charge >= 0.3 is 5.97 Å². The molecule has 3 heteroatoms. The van der Waals surface area contributed by atoms with E-state index >= 15 is 0 Å². The van der Waals surface area contributed by atoms with Gasteiger partial charge in [0.1, 0.15) is 5.69 Å². The molecule has 15 heavy (non-hydrogen) atoms. The van der Waals surface area contributed by atoms with Gasteiger partial charge in [-0.1, -0.05) is 17.7 Å². The predicted molar refractivity (Wildman–Crippen MR) is 57.8 cm³/mol. The maximum absolute atomic E-state index is 11.2. The van der Waals surface area contributed by atoms with Crippen LogP contribution in [0.4, 0.5) is 0 Å². The van der Waals surface area contributed by atoms with Crippen LogP contribution in [0.1, 0.15) is 16.1 Å². The number of ether oxygens (including phenoxy) is 1. The van der Waals surface area contributed by atoms with E-state index < -0.39 is 5.97 Å². The summed E-state index contributed by atoms with van der Waals surface area (Å²) in [5.41, 5.74) is 2.33. The average Bonchev–Trinajstić information content (AvgIpc) is 2.27. The molecule has 0 aliphatic heterocycles. The molecule has 0 saturated carbocycles. The van der Waals surface area contributed by atoms with Crippen molar-refractivity contribution < 1.29 is 9.53 Å². The van der Waals surface area contributed by atoms with E-state index in [1.807, 2.05) is 31.2 Å². The van der Waals surface area contributed by atoms with Gasteiger partial charge in [0, 0.05) is 5.39 Å². The number of rotatable bonds is 1. The second-order valence-electron chi connectivity index (χ2n) is 3.38. The second-order valence-corrected chi connectivity index (χ2v) is 3.38. The molecule has 1 heterocycles. The molecule has 1 aromatic carbocycles. The van der Waals surface area contributed by atoms with E-state index in [-0.39, 0.29) is 0 Å². The van der Waals surface area contributed by atoms with Gasteiger partial charge in [-0.05, 0) is 25.1 Å². The quantitative estimate of drug-likeness (QED) is 0.665. The zero-order chi connectivity index (χ0) is 10.8. The third kappa shape index (κ3) is 1.81. The van der Waals surface area contributed by atoms with Crippen molar-refractivity contribution in [3.05, 3.63) is 41.6 Å². The zero-order valence-corrected chi connectivity index (χ0v) is 8.65. The van der Waals surface area contributed by atoms with E-state index in [1.165, 1.54) is 12.7 Å². The van der Waals surface area contributed by atoms with Crippen LogP contribution in [-0.4, -0.2) is 18.1 Å². The van der Waals surface area contributed by atoms with Gasteiger partial charge in [0.15, 0.2) is 0 Å². The third-order valence-corrected chi connectivity index (χ3v) is 2.24. The van der Waals surface area contributed by atoms with E-state index in [0.29, 0.717) is 5.69 Å². The van der Waals surface area contributed by atoms with Gasteiger partial charge in [-0.3, -0.25) is 0 Å². The number of aromatic nitrogens is 1. The van der Waals surface area contributed by atoms with Gasteiger partial charge in [-0.15, -0.1) is 0 Å². The number of hydrogen-bond acceptors (Lipinski definition) is 3. The normalized spacial score (nSPS) is 10.3. The lowest BCUT2D eigenvalue weighted by Gasteiger charge is -2.01. The first-order valence-corrected chi connectivity index (χ1v) is 4.66. The van der Waals surface area contributed by atoms with Crippen molar-refractivity contribution in [2.24, 2.45) is 0 Å². The van der Waals surface area contributed by atoms with E-state index in [9.17, 15) is 4.79 Å². The summed E-state index contributed by atoms with van der Waals surface area (Å²) in [6, 6.07) is 9.45. The highest BCUT2D eigenvalue weighted by molar-refractivity contribution is 5.91. The van der Waals surface area contributed by atoms with E-state index in [1.54, 1.807) is 6.07 Å². The first kappa shape index (κ1) is 9.65. The molecule has 0 amide bonds. The SMILES string of the molecule is COC(=O)c1ccc2cc(C)ccc2n1. The molecule has 3 nitrogen and oxygen atoms in total. The van der Waals surface area contributed by atoms with Crippen molar-refractivity contribution in [1.82, 2.24) is 4.98 Å². The van der Waals surface area contributed by atoms with Crippen LogP contribution in [0.2, 0.25) is 0 Å². The molecule has 0 bridgehead atoms. The number of nitrogens with zero attached hydrogens (tertiary/aromatic N) is 1. The van der Waals surface area contributed by atoms with Gasteiger partial charge in [0.05, 0.1) is 12.6 Å². The largest absolute Gasteiger partial charge is 0.464 e. The van der Waals surface area contributed by atoms with E-state index in [4.69, 9.17) is 0 Å². The molecule has 2 rings (SSSR count). The Balaban J connectivity index is 2.57. The molecule has 0 unspecified atom stereocenters. The van der Waals surface area contributed by atoms with Crippen molar-refractivity contribution in [2.75, 3.05) is 7.11 Å². The Morgan fingerprint density at radius 2 is 2.07 bits per heavy atom. The van der Waals surface area contributed by atoms with Crippen molar-refractivity contribution in [2.45, 2.75) is 6.92 Å². The van der Waals surface area contributed by atoms with E-state index in [0.717, 1.165) is 10.9 Å². The summed E-state index contributed by atoms with van der Waals surface area (Å²) < 4.78 is 4.61. The highest BCUT2D eigenvalue weighted by Gasteiger charge is 2.07. The average molecular weight is 201 g/mol. The summed E-state index contributed by atoms with van der Waals surface area (Å²) in [6.45, 7) is 2.02. The Morgan fingerprint density at radius 3 is 2.80 bits per heavy atom. The zero-order valence-electron chi connectivity index (χ0n) is 8.65. The fourth-order valence-electron chi connectivity index (χ4n) is 1.46. The number of aryl methyl sites for hydroxylation is 1. The fourth-order valence-corrected chi connectivity index (χ4v) is 1.46. The topological polar surface area (TPSA) is 39.2 Å². The van der Waals surface area contributed by atoms with Crippen LogP contribution in [-0.2, 0) is 4.74 Å². The Hall–Kier alpha value is -1.90. The summed E-state index contributed by atoms with van der Waals surface area (Å²) in [5.74, 6) is -0.405. The maximum atomic E-state index is 11.2. The van der Waals surface area contributed by atoms with Crippen LogP contribution >= 0.6 is 0 Å². The first-order chi connectivity index (χ1) is 7.20. The van der Waals surface area contributed by atoms with Crippen LogP contribution in [0.15, 0.2) is 30.3 Å². The monoisotopic (exact) mass is 201 g/mol. The Morgan fingerprint density at radius 1 is 1.27 bits per heavy atom. The van der Waals surface area contributed by atoms with Crippen molar-refractivity contribution in [1.29, 1.82) is 0 Å². The molecule has 1 aromatic heterocycles. The molecule has 0 saturated heterocycles. The number of hydrogen-bond donors (Lipinski definition) is 0. The van der Waals surface area contributed by atoms with Crippen LogP contribution in [0.5, 0.6) is 0 Å². The molecule has 0 aliphatic carbocycles. The molecule has 0 radical (unpaired) electrons. The van der Waals surface area contributed by atoms with Crippen molar-refractivity contribution in [3.8, 4) is 0 Å². The lowest BCUT2D eigenvalue weighted by molar-refractivity contribution is 0.0594. The van der Waals surface area contributed by atoms with Gasteiger partial charge in [-0.25, -0.2) is 9.78 Å². The summed E-state index contributed by atoms with van der Waals surface area (Å²) in [4.78, 5) is 15.5. The smallest absolute Gasteiger partial charge is 0.356 e. The van der Waals surface area contributed by atoms with Crippen LogP contribution in [0.25, 0.3) is 10.9 Å². The van der Waals surface area contributed by atoms with Gasteiger partial charge in [0.25, 0.3) is 0 Å². The number of pyridine rings is 1. The van der Waals surface area contributed by atoms with Gasteiger partial charge in [-0.2, -0.15) is 0 Å². The van der Waals surface area contributed by atoms with Gasteiger partial charge < -0.3 is 4.74 Å². The summed E-state index contributed by atoms with van der Waals surface area (Å²) in [5, 5.41) is 1.03. The lowest BCUT2D eigenvalue weighted by Crippen LogP contribution is -2.03. The third-order valence-electron chi connectivity index (χ3n) is 2.24. The molecule has 0 N–H and O–H groups in total. The number of benzene rings is 1. The van der Waals surface area contributed by atoms with Crippen LogP contribution in [0, 0.1) is 6.92 Å². The van der Waals surface area contributed by atoms with Gasteiger partial charge in [0.2, 0.25) is 0 Å².